The van der Waals surface area contributed by atoms with Crippen molar-refractivity contribution < 1.29 is 19.0 Å². The van der Waals surface area contributed by atoms with Gasteiger partial charge in [0.2, 0.25) is 0 Å². The van der Waals surface area contributed by atoms with Gasteiger partial charge in [0, 0.05) is 29.8 Å². The van der Waals surface area contributed by atoms with Gasteiger partial charge in [-0.3, -0.25) is 9.79 Å². The lowest BCUT2D eigenvalue weighted by Crippen LogP contribution is -2.26. The van der Waals surface area contributed by atoms with Crippen molar-refractivity contribution in [3.8, 4) is 28.1 Å². The quantitative estimate of drug-likeness (QED) is 0.306. The summed E-state index contributed by atoms with van der Waals surface area (Å²) in [6, 6.07) is 19.2. The number of aromatic nitrogens is 1. The number of carboxylic acids is 1. The van der Waals surface area contributed by atoms with Gasteiger partial charge in [-0.2, -0.15) is 0 Å². The average molecular weight is 472 g/mol. The first-order valence-electron chi connectivity index (χ1n) is 11.3. The SMILES string of the molecule is CCOc1cccc(-c2ccc(-c3nc4ccc(F)cc4c(NC(C)C(=O)O)c3C=NC)cc2)c1. The lowest BCUT2D eigenvalue weighted by Gasteiger charge is -2.19. The Morgan fingerprint density at radius 2 is 1.86 bits per heavy atom. The second-order valence-electron chi connectivity index (χ2n) is 8.04. The van der Waals surface area contributed by atoms with E-state index in [4.69, 9.17) is 9.72 Å². The van der Waals surface area contributed by atoms with Gasteiger partial charge < -0.3 is 15.2 Å². The van der Waals surface area contributed by atoms with E-state index in [1.807, 2.05) is 55.5 Å². The molecule has 4 rings (SSSR count). The maximum Gasteiger partial charge on any atom is 0.325 e. The second-order valence-corrected chi connectivity index (χ2v) is 8.04. The molecule has 0 spiro atoms. The number of fused-ring (bicyclic) bond motifs is 1. The maximum atomic E-state index is 14.1. The van der Waals surface area contributed by atoms with Crippen molar-refractivity contribution in [2.24, 2.45) is 4.99 Å². The number of anilines is 1. The minimum absolute atomic E-state index is 0.434. The molecule has 0 aliphatic rings. The maximum absolute atomic E-state index is 14.1. The highest BCUT2D eigenvalue weighted by molar-refractivity contribution is 6.07. The molecule has 3 aromatic carbocycles. The number of hydrogen-bond acceptors (Lipinski definition) is 5. The van der Waals surface area contributed by atoms with Crippen molar-refractivity contribution in [2.75, 3.05) is 19.0 Å². The predicted octanol–water partition coefficient (Wildman–Crippen LogP) is 6.04. The van der Waals surface area contributed by atoms with Crippen LogP contribution in [0, 0.1) is 5.82 Å². The number of carboxylic acid groups (broad SMARTS) is 1. The molecule has 0 saturated carbocycles. The van der Waals surface area contributed by atoms with Crippen molar-refractivity contribution in [2.45, 2.75) is 19.9 Å². The van der Waals surface area contributed by atoms with E-state index in [1.54, 1.807) is 19.3 Å². The molecule has 1 atom stereocenters. The Hall–Kier alpha value is -4.26. The fourth-order valence-corrected chi connectivity index (χ4v) is 3.91. The third-order valence-corrected chi connectivity index (χ3v) is 5.61. The van der Waals surface area contributed by atoms with Crippen LogP contribution in [0.25, 0.3) is 33.3 Å². The van der Waals surface area contributed by atoms with E-state index in [0.29, 0.717) is 34.5 Å². The van der Waals surface area contributed by atoms with E-state index in [9.17, 15) is 14.3 Å². The van der Waals surface area contributed by atoms with Gasteiger partial charge >= 0.3 is 5.97 Å². The smallest absolute Gasteiger partial charge is 0.325 e. The standard InChI is InChI=1S/C28H26FN3O3/c1-4-35-22-7-5-6-20(14-22)18-8-10-19(11-9-18)26-24(16-30-3)27(31-17(2)28(33)34)23-15-21(29)12-13-25(23)32-26/h5-17H,4H2,1-3H3,(H,31,32)(H,33,34). The van der Waals surface area contributed by atoms with E-state index >= 15 is 0 Å². The number of nitrogens with zero attached hydrogens (tertiary/aromatic N) is 2. The van der Waals surface area contributed by atoms with E-state index in [1.165, 1.54) is 19.1 Å². The topological polar surface area (TPSA) is 83.8 Å². The number of pyridine rings is 1. The minimum atomic E-state index is -1.02. The minimum Gasteiger partial charge on any atom is -0.494 e. The van der Waals surface area contributed by atoms with Crippen LogP contribution < -0.4 is 10.1 Å². The number of aliphatic carboxylic acids is 1. The molecule has 0 fully saturated rings. The number of hydrogen-bond donors (Lipinski definition) is 2. The van der Waals surface area contributed by atoms with Gasteiger partial charge in [0.25, 0.3) is 0 Å². The molecule has 4 aromatic rings. The molecule has 0 radical (unpaired) electrons. The summed E-state index contributed by atoms with van der Waals surface area (Å²) in [7, 11) is 1.62. The first-order chi connectivity index (χ1) is 16.9. The van der Waals surface area contributed by atoms with E-state index < -0.39 is 17.8 Å². The van der Waals surface area contributed by atoms with Crippen LogP contribution in [0.5, 0.6) is 5.75 Å². The van der Waals surface area contributed by atoms with Gasteiger partial charge in [-0.05, 0) is 55.3 Å². The Kier molecular flexibility index (Phi) is 7.06. The molecule has 6 nitrogen and oxygen atoms in total. The Morgan fingerprint density at radius 1 is 1.11 bits per heavy atom. The molecule has 35 heavy (non-hydrogen) atoms. The van der Waals surface area contributed by atoms with E-state index in [-0.39, 0.29) is 0 Å². The summed E-state index contributed by atoms with van der Waals surface area (Å²) < 4.78 is 19.7. The first kappa shape index (κ1) is 23.9. The summed E-state index contributed by atoms with van der Waals surface area (Å²) in [6.45, 7) is 4.08. The monoisotopic (exact) mass is 471 g/mol. The largest absolute Gasteiger partial charge is 0.494 e. The summed E-state index contributed by atoms with van der Waals surface area (Å²) in [4.78, 5) is 20.5. The van der Waals surface area contributed by atoms with Gasteiger partial charge in [0.05, 0.1) is 23.5 Å². The van der Waals surface area contributed by atoms with Crippen molar-refractivity contribution in [1.82, 2.24) is 4.98 Å². The Labute approximate surface area is 203 Å². The number of ether oxygens (including phenoxy) is 1. The molecular weight excluding hydrogens is 445 g/mol. The summed E-state index contributed by atoms with van der Waals surface area (Å²) in [6.07, 6.45) is 1.61. The van der Waals surface area contributed by atoms with Crippen LogP contribution in [0.4, 0.5) is 10.1 Å². The van der Waals surface area contributed by atoms with Crippen LogP contribution >= 0.6 is 0 Å². The van der Waals surface area contributed by atoms with Crippen molar-refractivity contribution in [3.05, 3.63) is 78.1 Å². The first-order valence-corrected chi connectivity index (χ1v) is 11.3. The van der Waals surface area contributed by atoms with Gasteiger partial charge in [-0.25, -0.2) is 9.37 Å². The normalized spacial score (nSPS) is 12.1. The van der Waals surface area contributed by atoms with Gasteiger partial charge in [0.1, 0.15) is 17.6 Å². The average Bonchev–Trinajstić information content (AvgIpc) is 2.86. The molecule has 0 bridgehead atoms. The third kappa shape index (κ3) is 5.14. The molecule has 0 saturated heterocycles. The fourth-order valence-electron chi connectivity index (χ4n) is 3.91. The van der Waals surface area contributed by atoms with E-state index in [0.717, 1.165) is 22.4 Å². The van der Waals surface area contributed by atoms with Gasteiger partial charge in [-0.15, -0.1) is 0 Å². The van der Waals surface area contributed by atoms with Crippen molar-refractivity contribution in [1.29, 1.82) is 0 Å². The molecule has 0 aliphatic heterocycles. The highest BCUT2D eigenvalue weighted by Gasteiger charge is 2.20. The predicted molar refractivity (Wildman–Crippen MR) is 138 cm³/mol. The zero-order chi connectivity index (χ0) is 24.9. The highest BCUT2D eigenvalue weighted by atomic mass is 19.1. The molecule has 0 amide bonds. The summed E-state index contributed by atoms with van der Waals surface area (Å²) in [5, 5.41) is 13.0. The molecule has 1 heterocycles. The molecule has 1 aromatic heterocycles. The number of carbonyl (C=O) groups is 1. The summed E-state index contributed by atoms with van der Waals surface area (Å²) >= 11 is 0. The molecule has 1 unspecified atom stereocenters. The van der Waals surface area contributed by atoms with Crippen LogP contribution in [0.15, 0.2) is 71.7 Å². The lowest BCUT2D eigenvalue weighted by atomic mass is 9.98. The molecular formula is C28H26FN3O3. The zero-order valence-corrected chi connectivity index (χ0v) is 19.7. The van der Waals surface area contributed by atoms with Gasteiger partial charge in [-0.1, -0.05) is 36.4 Å². The molecule has 0 aliphatic carbocycles. The summed E-state index contributed by atoms with van der Waals surface area (Å²) in [5.74, 6) is -0.649. The second kappa shape index (κ2) is 10.3. The number of benzene rings is 3. The Morgan fingerprint density at radius 3 is 2.54 bits per heavy atom. The zero-order valence-electron chi connectivity index (χ0n) is 19.7. The van der Waals surface area contributed by atoms with Crippen LogP contribution in [0.2, 0.25) is 0 Å². The van der Waals surface area contributed by atoms with Crippen molar-refractivity contribution >= 4 is 28.8 Å². The Balaban J connectivity index is 1.85. The Bertz CT molecular complexity index is 1400. The molecule has 7 heteroatoms. The molecule has 178 valence electrons. The number of rotatable bonds is 8. The number of halogens is 1. The van der Waals surface area contributed by atoms with Crippen LogP contribution in [-0.4, -0.2) is 42.0 Å². The van der Waals surface area contributed by atoms with Crippen molar-refractivity contribution in [3.63, 3.8) is 0 Å². The van der Waals surface area contributed by atoms with Crippen LogP contribution in [-0.2, 0) is 4.79 Å². The van der Waals surface area contributed by atoms with Crippen LogP contribution in [0.1, 0.15) is 19.4 Å². The van der Waals surface area contributed by atoms with Gasteiger partial charge in [0.15, 0.2) is 0 Å². The fraction of sp³-hybridized carbons (Fsp3) is 0.179. The third-order valence-electron chi connectivity index (χ3n) is 5.61. The highest BCUT2D eigenvalue weighted by Crippen LogP contribution is 2.35. The number of nitrogens with one attached hydrogen (secondary N) is 1. The summed E-state index contributed by atoms with van der Waals surface area (Å²) in [5.41, 5.74) is 5.08. The lowest BCUT2D eigenvalue weighted by molar-refractivity contribution is -0.137. The molecule has 2 N–H and O–H groups in total. The van der Waals surface area contributed by atoms with Crippen LogP contribution in [0.3, 0.4) is 0 Å². The number of aliphatic imine (C=N–C) groups is 1. The van der Waals surface area contributed by atoms with E-state index in [2.05, 4.69) is 10.3 Å².